The van der Waals surface area contributed by atoms with Crippen LogP contribution in [0.1, 0.15) is 20.8 Å². The van der Waals surface area contributed by atoms with Crippen LogP contribution in [0.2, 0.25) is 0 Å². The van der Waals surface area contributed by atoms with Gasteiger partial charge in [-0.05, 0) is 20.8 Å². The number of aliphatic hydroxyl groups is 1. The van der Waals surface area contributed by atoms with Crippen LogP contribution < -0.4 is 5.73 Å². The number of ether oxygens (including phenoxy) is 2. The fourth-order valence-electron chi connectivity index (χ4n) is 1.51. The zero-order valence-corrected chi connectivity index (χ0v) is 11.4. The average Bonchev–Trinajstić information content (AvgIpc) is 2.27. The molecule has 0 aliphatic heterocycles. The molecule has 118 valence electrons. The molecule has 0 radical (unpaired) electrons. The standard InChI is InChI=1S/C11H18F3NO5/c1-4-19-8(16)6(7(15)9(17)20-5-2)10(3,18)11(12,13)14/h6-7,18H,4-5,15H2,1-3H3/t6-,7-,10+/m0/s1. The molecular weight excluding hydrogens is 283 g/mol. The number of halogens is 3. The summed E-state index contributed by atoms with van der Waals surface area (Å²) in [5.41, 5.74) is 1.80. The lowest BCUT2D eigenvalue weighted by molar-refractivity contribution is -0.274. The van der Waals surface area contributed by atoms with Crippen molar-refractivity contribution in [2.45, 2.75) is 38.6 Å². The highest BCUT2D eigenvalue weighted by Gasteiger charge is 2.61. The molecule has 6 nitrogen and oxygen atoms in total. The molecule has 0 heterocycles. The van der Waals surface area contributed by atoms with Crippen LogP contribution >= 0.6 is 0 Å². The van der Waals surface area contributed by atoms with Crippen molar-refractivity contribution >= 4 is 11.9 Å². The van der Waals surface area contributed by atoms with Gasteiger partial charge in [-0.15, -0.1) is 0 Å². The maximum Gasteiger partial charge on any atom is 0.417 e. The molecule has 0 unspecified atom stereocenters. The van der Waals surface area contributed by atoms with Crippen molar-refractivity contribution in [3.8, 4) is 0 Å². The minimum atomic E-state index is -5.17. The zero-order valence-electron chi connectivity index (χ0n) is 11.4. The first kappa shape index (κ1) is 18.7. The van der Waals surface area contributed by atoms with Gasteiger partial charge in [-0.25, -0.2) is 0 Å². The van der Waals surface area contributed by atoms with E-state index in [2.05, 4.69) is 9.47 Å². The van der Waals surface area contributed by atoms with Crippen molar-refractivity contribution in [3.63, 3.8) is 0 Å². The van der Waals surface area contributed by atoms with Crippen molar-refractivity contribution in [2.24, 2.45) is 11.7 Å². The molecule has 0 aliphatic carbocycles. The minimum Gasteiger partial charge on any atom is -0.466 e. The minimum absolute atomic E-state index is 0.129. The molecule has 0 saturated heterocycles. The van der Waals surface area contributed by atoms with Gasteiger partial charge in [0.05, 0.1) is 13.2 Å². The lowest BCUT2D eigenvalue weighted by Crippen LogP contribution is -2.60. The summed E-state index contributed by atoms with van der Waals surface area (Å²) >= 11 is 0. The Kier molecular flexibility index (Phi) is 6.42. The predicted octanol–water partition coefficient (Wildman–Crippen LogP) is 0.369. The molecule has 20 heavy (non-hydrogen) atoms. The van der Waals surface area contributed by atoms with Crippen LogP contribution in [0, 0.1) is 5.92 Å². The molecule has 0 aromatic heterocycles. The van der Waals surface area contributed by atoms with E-state index >= 15 is 0 Å². The number of rotatable bonds is 6. The molecule has 9 heteroatoms. The quantitative estimate of drug-likeness (QED) is 0.688. The van der Waals surface area contributed by atoms with E-state index in [-0.39, 0.29) is 13.2 Å². The third kappa shape index (κ3) is 4.07. The van der Waals surface area contributed by atoms with Crippen LogP contribution in [0.4, 0.5) is 13.2 Å². The van der Waals surface area contributed by atoms with Crippen LogP contribution in [0.3, 0.4) is 0 Å². The number of carbonyl (C=O) groups excluding carboxylic acids is 2. The monoisotopic (exact) mass is 301 g/mol. The van der Waals surface area contributed by atoms with Crippen molar-refractivity contribution in [1.82, 2.24) is 0 Å². The lowest BCUT2D eigenvalue weighted by Gasteiger charge is -2.35. The molecule has 0 bridgehead atoms. The van der Waals surface area contributed by atoms with E-state index in [1.807, 2.05) is 0 Å². The molecular formula is C11H18F3NO5. The normalized spacial score (nSPS) is 17.8. The number of esters is 2. The first-order valence-electron chi connectivity index (χ1n) is 5.88. The Morgan fingerprint density at radius 2 is 1.55 bits per heavy atom. The lowest BCUT2D eigenvalue weighted by atomic mass is 9.82. The first-order chi connectivity index (χ1) is 9.00. The topological polar surface area (TPSA) is 98.9 Å². The largest absolute Gasteiger partial charge is 0.466 e. The van der Waals surface area contributed by atoms with E-state index in [1.54, 1.807) is 0 Å². The van der Waals surface area contributed by atoms with E-state index in [1.165, 1.54) is 13.8 Å². The van der Waals surface area contributed by atoms with Gasteiger partial charge >= 0.3 is 18.1 Å². The molecule has 0 fully saturated rings. The predicted molar refractivity (Wildman–Crippen MR) is 61.4 cm³/mol. The summed E-state index contributed by atoms with van der Waals surface area (Å²) < 4.78 is 47.4. The molecule has 0 spiro atoms. The molecule has 0 amide bonds. The molecule has 0 saturated carbocycles. The number of alkyl halides is 3. The van der Waals surface area contributed by atoms with E-state index in [4.69, 9.17) is 5.73 Å². The molecule has 3 atom stereocenters. The average molecular weight is 301 g/mol. The summed E-state index contributed by atoms with van der Waals surface area (Å²) in [7, 11) is 0. The summed E-state index contributed by atoms with van der Waals surface area (Å²) in [5.74, 6) is -4.97. The number of hydrogen-bond donors (Lipinski definition) is 2. The number of carbonyl (C=O) groups is 2. The Morgan fingerprint density at radius 1 is 1.15 bits per heavy atom. The summed E-state index contributed by atoms with van der Waals surface area (Å²) in [4.78, 5) is 23.1. The van der Waals surface area contributed by atoms with Gasteiger partial charge in [-0.1, -0.05) is 0 Å². The highest BCUT2D eigenvalue weighted by molar-refractivity contribution is 5.85. The van der Waals surface area contributed by atoms with Crippen molar-refractivity contribution in [2.75, 3.05) is 13.2 Å². The van der Waals surface area contributed by atoms with Gasteiger partial charge in [-0.2, -0.15) is 13.2 Å². The second-order valence-electron chi connectivity index (χ2n) is 4.15. The molecule has 3 N–H and O–H groups in total. The van der Waals surface area contributed by atoms with Crippen molar-refractivity contribution < 1.29 is 37.3 Å². The number of hydrogen-bond acceptors (Lipinski definition) is 6. The Hall–Kier alpha value is -1.35. The summed E-state index contributed by atoms with van der Waals surface area (Å²) in [6.07, 6.45) is -5.17. The van der Waals surface area contributed by atoms with E-state index in [0.29, 0.717) is 6.92 Å². The van der Waals surface area contributed by atoms with Crippen LogP contribution in [0.5, 0.6) is 0 Å². The van der Waals surface area contributed by atoms with Gasteiger partial charge in [0.15, 0.2) is 5.60 Å². The smallest absolute Gasteiger partial charge is 0.417 e. The van der Waals surface area contributed by atoms with E-state index in [9.17, 15) is 27.9 Å². The van der Waals surface area contributed by atoms with Crippen LogP contribution in [-0.4, -0.2) is 48.1 Å². The first-order valence-corrected chi connectivity index (χ1v) is 5.88. The fourth-order valence-corrected chi connectivity index (χ4v) is 1.51. The summed E-state index contributed by atoms with van der Waals surface area (Å²) in [5, 5.41) is 9.58. The van der Waals surface area contributed by atoms with Gasteiger partial charge in [0, 0.05) is 0 Å². The van der Waals surface area contributed by atoms with Gasteiger partial charge in [-0.3, -0.25) is 9.59 Å². The van der Waals surface area contributed by atoms with Gasteiger partial charge in [0.25, 0.3) is 0 Å². The SMILES string of the molecule is CCOC(=O)[C@@H](N)[C@@H](C(=O)OCC)[C@@](C)(O)C(F)(F)F. The Bertz CT molecular complexity index is 356. The maximum absolute atomic E-state index is 12.8. The Morgan fingerprint density at radius 3 is 1.90 bits per heavy atom. The van der Waals surface area contributed by atoms with Crippen LogP contribution in [-0.2, 0) is 19.1 Å². The molecule has 0 aromatic carbocycles. The summed E-state index contributed by atoms with van der Waals surface area (Å²) in [6.45, 7) is 2.79. The summed E-state index contributed by atoms with van der Waals surface area (Å²) in [6, 6.07) is -1.99. The van der Waals surface area contributed by atoms with Crippen LogP contribution in [0.25, 0.3) is 0 Å². The third-order valence-corrected chi connectivity index (χ3v) is 2.64. The zero-order chi connectivity index (χ0) is 16.1. The third-order valence-electron chi connectivity index (χ3n) is 2.64. The van der Waals surface area contributed by atoms with Gasteiger partial charge < -0.3 is 20.3 Å². The second kappa shape index (κ2) is 6.89. The van der Waals surface area contributed by atoms with E-state index < -0.39 is 35.7 Å². The Balaban J connectivity index is 5.50. The van der Waals surface area contributed by atoms with Crippen molar-refractivity contribution in [1.29, 1.82) is 0 Å². The highest BCUT2D eigenvalue weighted by atomic mass is 19.4. The number of nitrogens with two attached hydrogens (primary N) is 1. The molecule has 0 aliphatic rings. The van der Waals surface area contributed by atoms with Crippen LogP contribution in [0.15, 0.2) is 0 Å². The van der Waals surface area contributed by atoms with Crippen molar-refractivity contribution in [3.05, 3.63) is 0 Å². The molecule has 0 rings (SSSR count). The van der Waals surface area contributed by atoms with E-state index in [0.717, 1.165) is 0 Å². The fraction of sp³-hybridized carbons (Fsp3) is 0.818. The molecule has 0 aromatic rings. The maximum atomic E-state index is 12.8. The van der Waals surface area contributed by atoms with Gasteiger partial charge in [0.2, 0.25) is 0 Å². The Labute approximate surface area is 114 Å². The van der Waals surface area contributed by atoms with Gasteiger partial charge in [0.1, 0.15) is 12.0 Å². The highest BCUT2D eigenvalue weighted by Crippen LogP contribution is 2.38. The second-order valence-corrected chi connectivity index (χ2v) is 4.15.